The lowest BCUT2D eigenvalue weighted by molar-refractivity contribution is 0.357. The van der Waals surface area contributed by atoms with E-state index in [-0.39, 0.29) is 0 Å². The molecule has 0 bridgehead atoms. The number of aromatic nitrogens is 2. The van der Waals surface area contributed by atoms with E-state index in [0.717, 1.165) is 44.1 Å². The van der Waals surface area contributed by atoms with Crippen molar-refractivity contribution in [2.75, 3.05) is 13.1 Å². The van der Waals surface area contributed by atoms with Gasteiger partial charge in [-0.05, 0) is 32.4 Å². The molecule has 19 heavy (non-hydrogen) atoms. The average molecular weight is 265 g/mol. The highest BCUT2D eigenvalue weighted by Gasteiger charge is 2.20. The maximum Gasteiger partial charge on any atom is 0.226 e. The van der Waals surface area contributed by atoms with E-state index in [1.54, 1.807) is 0 Å². The predicted octanol–water partition coefficient (Wildman–Crippen LogP) is 3.44. The Hall–Kier alpha value is -0.900. The lowest BCUT2D eigenvalue weighted by Crippen LogP contribution is -2.27. The van der Waals surface area contributed by atoms with Crippen LogP contribution in [0.5, 0.6) is 0 Å². The van der Waals surface area contributed by atoms with E-state index in [1.165, 1.54) is 38.5 Å². The van der Waals surface area contributed by atoms with Gasteiger partial charge in [0.2, 0.25) is 5.89 Å². The van der Waals surface area contributed by atoms with Crippen LogP contribution in [0.1, 0.15) is 75.9 Å². The second-order valence-electron chi connectivity index (χ2n) is 5.59. The SMILES string of the molecule is CCCCCCCCc1nc(C2CCNCC2)no1. The fraction of sp³-hybridized carbons (Fsp3) is 0.867. The van der Waals surface area contributed by atoms with Crippen molar-refractivity contribution >= 4 is 0 Å². The summed E-state index contributed by atoms with van der Waals surface area (Å²) in [5.41, 5.74) is 0. The summed E-state index contributed by atoms with van der Waals surface area (Å²) in [5, 5.41) is 7.52. The molecule has 1 N–H and O–H groups in total. The molecule has 2 heterocycles. The largest absolute Gasteiger partial charge is 0.339 e. The Labute approximate surface area is 116 Å². The number of unbranched alkanes of at least 4 members (excludes halogenated alkanes) is 5. The second kappa shape index (κ2) is 8.31. The van der Waals surface area contributed by atoms with Gasteiger partial charge in [0.05, 0.1) is 0 Å². The Morgan fingerprint density at radius 1 is 1.11 bits per heavy atom. The molecule has 0 saturated carbocycles. The number of aryl methyl sites for hydroxylation is 1. The third kappa shape index (κ3) is 4.94. The number of piperidine rings is 1. The lowest BCUT2D eigenvalue weighted by Gasteiger charge is -2.18. The molecule has 0 atom stereocenters. The highest BCUT2D eigenvalue weighted by atomic mass is 16.5. The zero-order valence-corrected chi connectivity index (χ0v) is 12.2. The van der Waals surface area contributed by atoms with Crippen LogP contribution in [-0.2, 0) is 6.42 Å². The summed E-state index contributed by atoms with van der Waals surface area (Å²) in [4.78, 5) is 4.56. The normalized spacial score (nSPS) is 16.9. The minimum atomic E-state index is 0.503. The van der Waals surface area contributed by atoms with Crippen LogP contribution in [0.25, 0.3) is 0 Å². The van der Waals surface area contributed by atoms with Gasteiger partial charge in [-0.2, -0.15) is 4.98 Å². The Bertz CT molecular complexity index is 345. The van der Waals surface area contributed by atoms with Gasteiger partial charge in [0.25, 0.3) is 0 Å². The number of nitrogens with one attached hydrogen (secondary N) is 1. The van der Waals surface area contributed by atoms with Gasteiger partial charge in [0.15, 0.2) is 5.82 Å². The zero-order valence-electron chi connectivity index (χ0n) is 12.2. The summed E-state index contributed by atoms with van der Waals surface area (Å²) in [6.45, 7) is 4.40. The van der Waals surface area contributed by atoms with E-state index >= 15 is 0 Å². The first-order chi connectivity index (χ1) is 9.40. The molecule has 108 valence electrons. The first-order valence-corrected chi connectivity index (χ1v) is 7.93. The molecule has 1 aliphatic heterocycles. The van der Waals surface area contributed by atoms with Gasteiger partial charge in [-0.3, -0.25) is 0 Å². The third-order valence-electron chi connectivity index (χ3n) is 3.93. The van der Waals surface area contributed by atoms with Crippen LogP contribution in [0.3, 0.4) is 0 Å². The maximum atomic E-state index is 5.36. The summed E-state index contributed by atoms with van der Waals surface area (Å²) >= 11 is 0. The topological polar surface area (TPSA) is 51.0 Å². The highest BCUT2D eigenvalue weighted by molar-refractivity contribution is 4.97. The molecular weight excluding hydrogens is 238 g/mol. The van der Waals surface area contributed by atoms with Crippen LogP contribution in [0.15, 0.2) is 4.52 Å². The molecule has 0 radical (unpaired) electrons. The second-order valence-corrected chi connectivity index (χ2v) is 5.59. The summed E-state index contributed by atoms with van der Waals surface area (Å²) in [6.07, 6.45) is 11.0. The number of nitrogens with zero attached hydrogens (tertiary/aromatic N) is 2. The zero-order chi connectivity index (χ0) is 13.3. The minimum Gasteiger partial charge on any atom is -0.339 e. The molecule has 0 aromatic carbocycles. The third-order valence-corrected chi connectivity index (χ3v) is 3.93. The molecule has 2 rings (SSSR count). The molecule has 1 fully saturated rings. The fourth-order valence-electron chi connectivity index (χ4n) is 2.67. The van der Waals surface area contributed by atoms with Gasteiger partial charge in [-0.1, -0.05) is 44.2 Å². The van der Waals surface area contributed by atoms with Crippen molar-refractivity contribution in [3.63, 3.8) is 0 Å². The first kappa shape index (κ1) is 14.5. The molecule has 0 unspecified atom stereocenters. The molecular formula is C15H27N3O. The first-order valence-electron chi connectivity index (χ1n) is 7.93. The van der Waals surface area contributed by atoms with Gasteiger partial charge in [0, 0.05) is 12.3 Å². The Balaban J connectivity index is 1.66. The van der Waals surface area contributed by atoms with Gasteiger partial charge in [-0.25, -0.2) is 0 Å². The van der Waals surface area contributed by atoms with Gasteiger partial charge < -0.3 is 9.84 Å². The van der Waals surface area contributed by atoms with Crippen LogP contribution in [0, 0.1) is 0 Å². The average Bonchev–Trinajstić information content (AvgIpc) is 2.92. The van der Waals surface area contributed by atoms with Gasteiger partial charge >= 0.3 is 0 Å². The van der Waals surface area contributed by atoms with Crippen molar-refractivity contribution < 1.29 is 4.52 Å². The maximum absolute atomic E-state index is 5.36. The molecule has 1 aromatic rings. The minimum absolute atomic E-state index is 0.503. The molecule has 1 aliphatic rings. The molecule has 4 nitrogen and oxygen atoms in total. The van der Waals surface area contributed by atoms with E-state index < -0.39 is 0 Å². The molecule has 1 saturated heterocycles. The Kier molecular flexibility index (Phi) is 6.34. The molecule has 0 aliphatic carbocycles. The number of hydrogen-bond donors (Lipinski definition) is 1. The quantitative estimate of drug-likeness (QED) is 0.732. The summed E-state index contributed by atoms with van der Waals surface area (Å²) < 4.78 is 5.36. The summed E-state index contributed by atoms with van der Waals surface area (Å²) in [6, 6.07) is 0. The molecule has 4 heteroatoms. The van der Waals surface area contributed by atoms with Crippen molar-refractivity contribution in [2.24, 2.45) is 0 Å². The standard InChI is InChI=1S/C15H27N3O/c1-2-3-4-5-6-7-8-14-17-15(18-19-14)13-9-11-16-12-10-13/h13,16H,2-12H2,1H3. The molecule has 0 spiro atoms. The smallest absolute Gasteiger partial charge is 0.226 e. The monoisotopic (exact) mass is 265 g/mol. The van der Waals surface area contributed by atoms with E-state index in [1.807, 2.05) is 0 Å². The van der Waals surface area contributed by atoms with Crippen LogP contribution >= 0.6 is 0 Å². The van der Waals surface area contributed by atoms with Gasteiger partial charge in [0.1, 0.15) is 0 Å². The molecule has 1 aromatic heterocycles. The lowest BCUT2D eigenvalue weighted by atomic mass is 9.98. The van der Waals surface area contributed by atoms with Crippen molar-refractivity contribution in [1.29, 1.82) is 0 Å². The van der Waals surface area contributed by atoms with E-state index in [0.29, 0.717) is 5.92 Å². The van der Waals surface area contributed by atoms with Crippen LogP contribution in [-0.4, -0.2) is 23.2 Å². The number of rotatable bonds is 8. The van der Waals surface area contributed by atoms with Crippen LogP contribution < -0.4 is 5.32 Å². The summed E-state index contributed by atoms with van der Waals surface area (Å²) in [5.74, 6) is 2.27. The van der Waals surface area contributed by atoms with Crippen molar-refractivity contribution in [1.82, 2.24) is 15.5 Å². The van der Waals surface area contributed by atoms with E-state index in [2.05, 4.69) is 22.4 Å². The highest BCUT2D eigenvalue weighted by Crippen LogP contribution is 2.22. The predicted molar refractivity (Wildman–Crippen MR) is 76.2 cm³/mol. The van der Waals surface area contributed by atoms with Crippen molar-refractivity contribution in [3.05, 3.63) is 11.7 Å². The Morgan fingerprint density at radius 2 is 1.84 bits per heavy atom. The summed E-state index contributed by atoms with van der Waals surface area (Å²) in [7, 11) is 0. The van der Waals surface area contributed by atoms with Crippen LogP contribution in [0.2, 0.25) is 0 Å². The van der Waals surface area contributed by atoms with Crippen molar-refractivity contribution in [3.8, 4) is 0 Å². The van der Waals surface area contributed by atoms with Gasteiger partial charge in [-0.15, -0.1) is 0 Å². The Morgan fingerprint density at radius 3 is 2.63 bits per heavy atom. The van der Waals surface area contributed by atoms with E-state index in [4.69, 9.17) is 4.52 Å². The van der Waals surface area contributed by atoms with Crippen LogP contribution in [0.4, 0.5) is 0 Å². The number of hydrogen-bond acceptors (Lipinski definition) is 4. The molecule has 0 amide bonds. The van der Waals surface area contributed by atoms with E-state index in [9.17, 15) is 0 Å². The fourth-order valence-corrected chi connectivity index (χ4v) is 2.67. The van der Waals surface area contributed by atoms with Crippen molar-refractivity contribution in [2.45, 2.75) is 70.6 Å².